The van der Waals surface area contributed by atoms with Crippen molar-refractivity contribution >= 4 is 28.3 Å². The molecule has 2 N–H and O–H groups in total. The third-order valence-electron chi connectivity index (χ3n) is 5.18. The monoisotopic (exact) mass is 377 g/mol. The number of nitrogens with one attached hydrogen (secondary N) is 2. The van der Waals surface area contributed by atoms with E-state index >= 15 is 0 Å². The normalized spacial score (nSPS) is 16.4. The molecule has 0 spiro atoms. The van der Waals surface area contributed by atoms with E-state index in [0.29, 0.717) is 0 Å². The summed E-state index contributed by atoms with van der Waals surface area (Å²) in [6.07, 6.45) is 6.37. The van der Waals surface area contributed by atoms with E-state index in [1.807, 2.05) is 38.4 Å². The summed E-state index contributed by atoms with van der Waals surface area (Å²) in [5.41, 5.74) is 3.79. The molecule has 3 aromatic heterocycles. The second kappa shape index (κ2) is 7.38. The molecule has 4 rings (SSSR count). The Bertz CT molecular complexity index is 1030. The zero-order valence-electron chi connectivity index (χ0n) is 16.2. The fourth-order valence-corrected chi connectivity index (χ4v) is 3.54. The molecule has 0 bridgehead atoms. The van der Waals surface area contributed by atoms with Crippen LogP contribution in [0.15, 0.2) is 30.7 Å². The topological polar surface area (TPSA) is 95.9 Å². The summed E-state index contributed by atoms with van der Waals surface area (Å²) in [4.78, 5) is 31.7. The summed E-state index contributed by atoms with van der Waals surface area (Å²) >= 11 is 0. The third-order valence-corrected chi connectivity index (χ3v) is 5.18. The predicted octanol–water partition coefficient (Wildman–Crippen LogP) is 2.09. The number of anilines is 2. The maximum Gasteiger partial charge on any atom is 0.288 e. The highest BCUT2D eigenvalue weighted by Crippen LogP contribution is 2.27. The molecule has 3 aromatic rings. The number of pyridine rings is 2. The van der Waals surface area contributed by atoms with Gasteiger partial charge >= 0.3 is 0 Å². The van der Waals surface area contributed by atoms with Gasteiger partial charge < -0.3 is 15.5 Å². The van der Waals surface area contributed by atoms with Gasteiger partial charge in [0.1, 0.15) is 5.82 Å². The maximum absolute atomic E-state index is 12.0. The van der Waals surface area contributed by atoms with Crippen molar-refractivity contribution in [2.75, 3.05) is 30.4 Å². The minimum atomic E-state index is -0.269. The second-order valence-corrected chi connectivity index (χ2v) is 6.99. The van der Waals surface area contributed by atoms with E-state index in [-0.39, 0.29) is 17.8 Å². The van der Waals surface area contributed by atoms with Gasteiger partial charge in [-0.3, -0.25) is 14.8 Å². The van der Waals surface area contributed by atoms with Crippen molar-refractivity contribution in [1.29, 1.82) is 0 Å². The van der Waals surface area contributed by atoms with Crippen LogP contribution in [0.5, 0.6) is 0 Å². The van der Waals surface area contributed by atoms with Crippen molar-refractivity contribution in [3.8, 4) is 0 Å². The summed E-state index contributed by atoms with van der Waals surface area (Å²) in [7, 11) is 1.59. The molecule has 0 saturated carbocycles. The number of rotatable bonds is 4. The van der Waals surface area contributed by atoms with Crippen LogP contribution in [0.1, 0.15) is 28.3 Å². The second-order valence-electron chi connectivity index (χ2n) is 6.99. The summed E-state index contributed by atoms with van der Waals surface area (Å²) in [6.45, 7) is 5.58. The number of amides is 1. The van der Waals surface area contributed by atoms with Crippen molar-refractivity contribution in [3.05, 3.63) is 47.8 Å². The van der Waals surface area contributed by atoms with Gasteiger partial charge in [0.25, 0.3) is 5.91 Å². The minimum absolute atomic E-state index is 0.211. The van der Waals surface area contributed by atoms with Gasteiger partial charge in [-0.25, -0.2) is 9.97 Å². The van der Waals surface area contributed by atoms with Gasteiger partial charge in [0.15, 0.2) is 0 Å². The fourth-order valence-electron chi connectivity index (χ4n) is 3.54. The Morgan fingerprint density at radius 1 is 1.21 bits per heavy atom. The average molecular weight is 377 g/mol. The van der Waals surface area contributed by atoms with Crippen LogP contribution >= 0.6 is 0 Å². The van der Waals surface area contributed by atoms with Gasteiger partial charge in [-0.15, -0.1) is 0 Å². The highest BCUT2D eigenvalue weighted by molar-refractivity contribution is 5.91. The molecule has 1 saturated heterocycles. The van der Waals surface area contributed by atoms with E-state index in [9.17, 15) is 4.79 Å². The van der Waals surface area contributed by atoms with Crippen LogP contribution in [0.2, 0.25) is 0 Å². The zero-order chi connectivity index (χ0) is 19.7. The highest BCUT2D eigenvalue weighted by atomic mass is 16.2. The van der Waals surface area contributed by atoms with Crippen LogP contribution in [0.4, 0.5) is 11.5 Å². The maximum atomic E-state index is 12.0. The lowest BCUT2D eigenvalue weighted by Gasteiger charge is -2.22. The molecule has 1 amide bonds. The van der Waals surface area contributed by atoms with E-state index < -0.39 is 0 Å². The van der Waals surface area contributed by atoms with Gasteiger partial charge in [-0.2, -0.15) is 0 Å². The predicted molar refractivity (Wildman–Crippen MR) is 109 cm³/mol. The van der Waals surface area contributed by atoms with Gasteiger partial charge in [-0.1, -0.05) is 0 Å². The lowest BCUT2D eigenvalue weighted by Crippen LogP contribution is -2.29. The zero-order valence-corrected chi connectivity index (χ0v) is 16.2. The molecule has 28 heavy (non-hydrogen) atoms. The molecule has 0 aromatic carbocycles. The molecule has 1 atom stereocenters. The molecule has 0 unspecified atom stereocenters. The molecule has 8 nitrogen and oxygen atoms in total. The summed E-state index contributed by atoms with van der Waals surface area (Å²) < 4.78 is 0. The molecule has 144 valence electrons. The van der Waals surface area contributed by atoms with Gasteiger partial charge in [0, 0.05) is 67.1 Å². The molecule has 0 aliphatic carbocycles. The van der Waals surface area contributed by atoms with Crippen molar-refractivity contribution < 1.29 is 4.79 Å². The number of carbonyl (C=O) groups is 1. The number of fused-ring (bicyclic) bond motifs is 1. The highest BCUT2D eigenvalue weighted by Gasteiger charge is 2.26. The Labute approximate surface area is 163 Å². The molecule has 1 fully saturated rings. The van der Waals surface area contributed by atoms with Crippen molar-refractivity contribution in [2.24, 2.45) is 0 Å². The lowest BCUT2D eigenvalue weighted by molar-refractivity contribution is 0.0952. The Kier molecular flexibility index (Phi) is 4.77. The molecule has 1 aliphatic rings. The summed E-state index contributed by atoms with van der Waals surface area (Å²) in [5.74, 6) is 0.772. The average Bonchev–Trinajstić information content (AvgIpc) is 3.18. The first kappa shape index (κ1) is 18.1. The number of nitrogens with zero attached hydrogens (tertiary/aromatic N) is 5. The SMILES string of the molecule is CNC(=O)c1nc(C)c(C)c(N2CC[C@@H](Nc3ccnc4ccncc34)C2)n1. The van der Waals surface area contributed by atoms with Gasteiger partial charge in [0.2, 0.25) is 5.82 Å². The minimum Gasteiger partial charge on any atom is -0.380 e. The first-order chi connectivity index (χ1) is 13.6. The summed E-state index contributed by atoms with van der Waals surface area (Å²) in [6, 6.07) is 4.16. The number of hydrogen-bond acceptors (Lipinski definition) is 7. The fraction of sp³-hybridized carbons (Fsp3) is 0.350. The number of hydrogen-bond donors (Lipinski definition) is 2. The molecular weight excluding hydrogens is 354 g/mol. The van der Waals surface area contributed by atoms with Crippen LogP contribution in [0, 0.1) is 13.8 Å². The van der Waals surface area contributed by atoms with E-state index in [1.54, 1.807) is 13.2 Å². The van der Waals surface area contributed by atoms with Crippen molar-refractivity contribution in [1.82, 2.24) is 25.3 Å². The van der Waals surface area contributed by atoms with E-state index in [1.165, 1.54) is 0 Å². The van der Waals surface area contributed by atoms with Crippen molar-refractivity contribution in [3.63, 3.8) is 0 Å². The van der Waals surface area contributed by atoms with E-state index in [2.05, 4.69) is 35.5 Å². The number of aromatic nitrogens is 4. The first-order valence-corrected chi connectivity index (χ1v) is 9.34. The quantitative estimate of drug-likeness (QED) is 0.719. The number of carbonyl (C=O) groups excluding carboxylic acids is 1. The molecular formula is C20H23N7O. The Balaban J connectivity index is 1.56. The van der Waals surface area contributed by atoms with E-state index in [0.717, 1.165) is 53.2 Å². The largest absolute Gasteiger partial charge is 0.380 e. The standard InChI is InChI=1S/C20H23N7O/c1-12-13(2)24-18(20(28)21-3)26-19(12)27-9-6-14(11-27)25-17-5-8-23-16-4-7-22-10-15(16)17/h4-5,7-8,10,14H,6,9,11H2,1-3H3,(H,21,28)(H,23,25)/t14-/m1/s1. The van der Waals surface area contributed by atoms with Crippen LogP contribution in [0.25, 0.3) is 10.9 Å². The number of aryl methyl sites for hydroxylation is 1. The molecule has 0 radical (unpaired) electrons. The first-order valence-electron chi connectivity index (χ1n) is 9.34. The van der Waals surface area contributed by atoms with Gasteiger partial charge in [-0.05, 0) is 32.4 Å². The molecule has 4 heterocycles. The molecule has 1 aliphatic heterocycles. The smallest absolute Gasteiger partial charge is 0.288 e. The third kappa shape index (κ3) is 3.33. The lowest BCUT2D eigenvalue weighted by atomic mass is 10.2. The molecule has 8 heteroatoms. The Morgan fingerprint density at radius 3 is 2.89 bits per heavy atom. The summed E-state index contributed by atoms with van der Waals surface area (Å²) in [5, 5.41) is 7.23. The van der Waals surface area contributed by atoms with E-state index in [4.69, 9.17) is 0 Å². The Hall–Kier alpha value is -3.29. The Morgan fingerprint density at radius 2 is 2.07 bits per heavy atom. The van der Waals surface area contributed by atoms with Crippen LogP contribution in [-0.2, 0) is 0 Å². The van der Waals surface area contributed by atoms with Crippen LogP contribution < -0.4 is 15.5 Å². The van der Waals surface area contributed by atoms with Crippen LogP contribution in [-0.4, -0.2) is 52.0 Å². The van der Waals surface area contributed by atoms with Gasteiger partial charge in [0.05, 0.1) is 5.52 Å². The van der Waals surface area contributed by atoms with Crippen molar-refractivity contribution in [2.45, 2.75) is 26.3 Å². The van der Waals surface area contributed by atoms with Crippen LogP contribution in [0.3, 0.4) is 0 Å².